The molecule has 0 fully saturated rings. The quantitative estimate of drug-likeness (QED) is 0.673. The largest absolute Gasteiger partial charge is 0.364 e. The van der Waals surface area contributed by atoms with Gasteiger partial charge in [0.1, 0.15) is 6.73 Å². The molecule has 1 heterocycles. The van der Waals surface area contributed by atoms with Crippen molar-refractivity contribution in [1.82, 2.24) is 4.57 Å². The third kappa shape index (κ3) is 1.95. The third-order valence-corrected chi connectivity index (χ3v) is 1.72. The molecule has 12 heavy (non-hydrogen) atoms. The molecule has 0 saturated heterocycles. The predicted octanol–water partition coefficient (Wildman–Crippen LogP) is 1.01. The maximum Gasteiger partial charge on any atom is 0.252 e. The highest BCUT2D eigenvalue weighted by molar-refractivity contribution is 5.09. The predicted molar refractivity (Wildman–Crippen MR) is 47.1 cm³/mol. The first-order chi connectivity index (χ1) is 5.77. The van der Waals surface area contributed by atoms with Crippen molar-refractivity contribution in [2.75, 3.05) is 7.11 Å². The van der Waals surface area contributed by atoms with Gasteiger partial charge in [-0.2, -0.15) is 0 Å². The average molecular weight is 167 g/mol. The molecule has 66 valence electrons. The van der Waals surface area contributed by atoms with Crippen molar-refractivity contribution in [2.24, 2.45) is 0 Å². The second-order valence-corrected chi connectivity index (χ2v) is 2.62. The summed E-state index contributed by atoms with van der Waals surface area (Å²) in [5.41, 5.74) is 1.13. The van der Waals surface area contributed by atoms with Crippen molar-refractivity contribution >= 4 is 0 Å². The van der Waals surface area contributed by atoms with Gasteiger partial charge in [-0.05, 0) is 12.0 Å². The zero-order valence-corrected chi connectivity index (χ0v) is 7.41. The summed E-state index contributed by atoms with van der Waals surface area (Å²) in [6.07, 6.45) is 2.76. The molecule has 0 bridgehead atoms. The number of hydrogen-bond donors (Lipinski definition) is 0. The Bertz CT molecular complexity index is 304. The second-order valence-electron chi connectivity index (χ2n) is 2.62. The van der Waals surface area contributed by atoms with E-state index in [1.54, 1.807) is 17.7 Å². The Morgan fingerprint density at radius 2 is 2.25 bits per heavy atom. The first-order valence-electron chi connectivity index (χ1n) is 3.96. The highest BCUT2D eigenvalue weighted by atomic mass is 16.5. The van der Waals surface area contributed by atoms with Crippen molar-refractivity contribution in [3.05, 3.63) is 34.2 Å². The summed E-state index contributed by atoms with van der Waals surface area (Å²) < 4.78 is 6.43. The molecule has 1 rings (SSSR count). The lowest BCUT2D eigenvalue weighted by Crippen LogP contribution is -2.19. The minimum absolute atomic E-state index is 0.0194. The van der Waals surface area contributed by atoms with Crippen molar-refractivity contribution in [2.45, 2.75) is 20.1 Å². The average Bonchev–Trinajstić information content (AvgIpc) is 2.09. The van der Waals surface area contributed by atoms with E-state index in [1.807, 2.05) is 12.3 Å². The van der Waals surface area contributed by atoms with Gasteiger partial charge in [0.15, 0.2) is 0 Å². The van der Waals surface area contributed by atoms with Gasteiger partial charge in [0.25, 0.3) is 5.56 Å². The molecule has 0 spiro atoms. The van der Waals surface area contributed by atoms with E-state index in [4.69, 9.17) is 4.74 Å². The fourth-order valence-electron chi connectivity index (χ4n) is 1.03. The van der Waals surface area contributed by atoms with Crippen LogP contribution in [0.1, 0.15) is 12.5 Å². The van der Waals surface area contributed by atoms with E-state index in [0.717, 1.165) is 12.0 Å². The number of aryl methyl sites for hydroxylation is 1. The summed E-state index contributed by atoms with van der Waals surface area (Å²) in [6, 6.07) is 3.41. The third-order valence-electron chi connectivity index (χ3n) is 1.72. The Kier molecular flexibility index (Phi) is 3.05. The molecule has 0 saturated carbocycles. The Balaban J connectivity index is 3.00. The number of ether oxygens (including phenoxy) is 1. The lowest BCUT2D eigenvalue weighted by atomic mass is 10.2. The first-order valence-corrected chi connectivity index (χ1v) is 3.96. The van der Waals surface area contributed by atoms with E-state index in [0.29, 0.717) is 6.73 Å². The summed E-state index contributed by atoms with van der Waals surface area (Å²) in [5.74, 6) is 0. The Morgan fingerprint density at radius 3 is 2.83 bits per heavy atom. The summed E-state index contributed by atoms with van der Waals surface area (Å²) in [6.45, 7) is 2.38. The number of hydrogen-bond acceptors (Lipinski definition) is 2. The van der Waals surface area contributed by atoms with Crippen LogP contribution in [-0.2, 0) is 17.9 Å². The summed E-state index contributed by atoms with van der Waals surface area (Å²) in [7, 11) is 1.57. The molecule has 3 heteroatoms. The smallest absolute Gasteiger partial charge is 0.252 e. The van der Waals surface area contributed by atoms with E-state index in [-0.39, 0.29) is 5.56 Å². The Hall–Kier alpha value is -1.09. The second kappa shape index (κ2) is 4.07. The Morgan fingerprint density at radius 1 is 1.50 bits per heavy atom. The molecule has 1 aromatic rings. The van der Waals surface area contributed by atoms with Crippen LogP contribution in [-0.4, -0.2) is 11.7 Å². The number of methoxy groups -OCH3 is 1. The molecule has 0 N–H and O–H groups in total. The molecule has 0 unspecified atom stereocenters. The fourth-order valence-corrected chi connectivity index (χ4v) is 1.03. The lowest BCUT2D eigenvalue weighted by molar-refractivity contribution is 0.128. The zero-order valence-electron chi connectivity index (χ0n) is 7.41. The lowest BCUT2D eigenvalue weighted by Gasteiger charge is -2.04. The zero-order chi connectivity index (χ0) is 8.97. The summed E-state index contributed by atoms with van der Waals surface area (Å²) in [4.78, 5) is 11.2. The number of pyridine rings is 1. The van der Waals surface area contributed by atoms with E-state index in [2.05, 4.69) is 6.92 Å². The topological polar surface area (TPSA) is 31.2 Å². The SMILES string of the molecule is CCc1ccc(=O)n(COC)c1. The molecule has 0 aliphatic rings. The first kappa shape index (κ1) is 9.00. The standard InChI is InChI=1S/C9H13NO2/c1-3-8-4-5-9(11)10(6-8)7-12-2/h4-6H,3,7H2,1-2H3. The van der Waals surface area contributed by atoms with Gasteiger partial charge in [0.2, 0.25) is 0 Å². The van der Waals surface area contributed by atoms with Gasteiger partial charge in [-0.3, -0.25) is 9.36 Å². The Labute approximate surface area is 71.6 Å². The summed E-state index contributed by atoms with van der Waals surface area (Å²) >= 11 is 0. The number of nitrogens with zero attached hydrogens (tertiary/aromatic N) is 1. The maximum atomic E-state index is 11.2. The van der Waals surface area contributed by atoms with Crippen molar-refractivity contribution in [1.29, 1.82) is 0 Å². The summed E-state index contributed by atoms with van der Waals surface area (Å²) in [5, 5.41) is 0. The van der Waals surface area contributed by atoms with Gasteiger partial charge < -0.3 is 4.74 Å². The van der Waals surface area contributed by atoms with Gasteiger partial charge in [0.05, 0.1) is 0 Å². The highest BCUT2D eigenvalue weighted by Gasteiger charge is 1.95. The van der Waals surface area contributed by atoms with E-state index >= 15 is 0 Å². The molecular weight excluding hydrogens is 154 g/mol. The van der Waals surface area contributed by atoms with Crippen LogP contribution in [0.5, 0.6) is 0 Å². The van der Waals surface area contributed by atoms with E-state index < -0.39 is 0 Å². The van der Waals surface area contributed by atoms with Crippen LogP contribution in [0.4, 0.5) is 0 Å². The molecular formula is C9H13NO2. The van der Waals surface area contributed by atoms with Crippen LogP contribution in [0.25, 0.3) is 0 Å². The van der Waals surface area contributed by atoms with Crippen molar-refractivity contribution in [3.8, 4) is 0 Å². The normalized spacial score (nSPS) is 10.2. The molecule has 0 amide bonds. The van der Waals surface area contributed by atoms with Crippen LogP contribution in [0.3, 0.4) is 0 Å². The van der Waals surface area contributed by atoms with E-state index in [1.165, 1.54) is 0 Å². The van der Waals surface area contributed by atoms with Gasteiger partial charge in [-0.1, -0.05) is 13.0 Å². The molecule has 0 radical (unpaired) electrons. The minimum atomic E-state index is -0.0194. The van der Waals surface area contributed by atoms with Gasteiger partial charge in [0, 0.05) is 19.4 Å². The molecule has 0 aliphatic heterocycles. The monoisotopic (exact) mass is 167 g/mol. The van der Waals surface area contributed by atoms with Gasteiger partial charge >= 0.3 is 0 Å². The molecule has 1 aromatic heterocycles. The van der Waals surface area contributed by atoms with Gasteiger partial charge in [-0.15, -0.1) is 0 Å². The van der Waals surface area contributed by atoms with Crippen molar-refractivity contribution in [3.63, 3.8) is 0 Å². The van der Waals surface area contributed by atoms with Crippen LogP contribution < -0.4 is 5.56 Å². The molecule has 0 aliphatic carbocycles. The maximum absolute atomic E-state index is 11.2. The molecule has 0 aromatic carbocycles. The minimum Gasteiger partial charge on any atom is -0.364 e. The van der Waals surface area contributed by atoms with E-state index in [9.17, 15) is 4.79 Å². The van der Waals surface area contributed by atoms with Crippen LogP contribution in [0.15, 0.2) is 23.1 Å². The van der Waals surface area contributed by atoms with Crippen LogP contribution in [0.2, 0.25) is 0 Å². The number of aromatic nitrogens is 1. The number of rotatable bonds is 3. The van der Waals surface area contributed by atoms with Crippen molar-refractivity contribution < 1.29 is 4.74 Å². The van der Waals surface area contributed by atoms with Gasteiger partial charge in [-0.25, -0.2) is 0 Å². The molecule has 0 atom stereocenters. The fraction of sp³-hybridized carbons (Fsp3) is 0.444. The highest BCUT2D eigenvalue weighted by Crippen LogP contribution is 1.95. The van der Waals surface area contributed by atoms with Crippen LogP contribution in [0, 0.1) is 0 Å². The molecule has 3 nitrogen and oxygen atoms in total. The van der Waals surface area contributed by atoms with Crippen LogP contribution >= 0.6 is 0 Å².